The molecule has 5 rings (SSSR count). The number of amides is 1. The van der Waals surface area contributed by atoms with Crippen LogP contribution in [0.4, 0.5) is 10.8 Å². The van der Waals surface area contributed by atoms with E-state index in [1.165, 1.54) is 39.5 Å². The summed E-state index contributed by atoms with van der Waals surface area (Å²) in [7, 11) is 0. The van der Waals surface area contributed by atoms with Crippen molar-refractivity contribution in [2.45, 2.75) is 0 Å². The van der Waals surface area contributed by atoms with Crippen LogP contribution < -0.4 is 16.4 Å². The van der Waals surface area contributed by atoms with E-state index >= 15 is 0 Å². The number of nitroso groups, excluding NO2 is 1. The number of rotatable bonds is 7. The molecule has 0 fully saturated rings. The molecular weight excluding hydrogens is 474 g/mol. The van der Waals surface area contributed by atoms with Crippen LogP contribution in [-0.2, 0) is 0 Å². The van der Waals surface area contributed by atoms with E-state index in [0.29, 0.717) is 27.3 Å². The molecule has 168 valence electrons. The standard InChI is InChI=1S/C22H15N7O3S2/c30-19(28-32)15-8-6-13(7-9-15)16-12-34-22(24-16)29-20(31)18(25-26-21-23-10-11-33-21)17(27-29)14-4-2-1-3-5-14/h1-12,25,27H,(H,23,26). The highest BCUT2D eigenvalue weighted by Crippen LogP contribution is 2.28. The average Bonchev–Trinajstić information content (AvgIpc) is 3.64. The maximum absolute atomic E-state index is 13.3. The molecule has 0 unspecified atom stereocenters. The molecule has 3 heterocycles. The molecule has 34 heavy (non-hydrogen) atoms. The summed E-state index contributed by atoms with van der Waals surface area (Å²) in [4.78, 5) is 43.9. The van der Waals surface area contributed by atoms with E-state index in [1.54, 1.807) is 23.7 Å². The van der Waals surface area contributed by atoms with Gasteiger partial charge in [-0.1, -0.05) is 42.5 Å². The molecule has 0 saturated carbocycles. The second-order valence-electron chi connectivity index (χ2n) is 6.94. The number of aromatic amines is 1. The third kappa shape index (κ3) is 4.14. The van der Waals surface area contributed by atoms with Crippen molar-refractivity contribution in [3.8, 4) is 27.6 Å². The fourth-order valence-electron chi connectivity index (χ4n) is 3.24. The molecule has 0 atom stereocenters. The normalized spacial score (nSPS) is 10.7. The summed E-state index contributed by atoms with van der Waals surface area (Å²) in [6, 6.07) is 15.8. The van der Waals surface area contributed by atoms with Gasteiger partial charge in [0, 0.05) is 38.8 Å². The lowest BCUT2D eigenvalue weighted by Crippen LogP contribution is -2.20. The van der Waals surface area contributed by atoms with Gasteiger partial charge in [0.05, 0.1) is 11.4 Å². The molecule has 0 saturated heterocycles. The molecular formula is C22H15N7O3S2. The largest absolute Gasteiger partial charge is 0.316 e. The number of H-pyrrole nitrogens is 1. The van der Waals surface area contributed by atoms with Crippen LogP contribution in [0, 0.1) is 4.91 Å². The molecule has 0 bridgehead atoms. The predicted molar refractivity (Wildman–Crippen MR) is 132 cm³/mol. The van der Waals surface area contributed by atoms with Gasteiger partial charge in [-0.15, -0.1) is 27.6 Å². The van der Waals surface area contributed by atoms with Crippen molar-refractivity contribution in [1.82, 2.24) is 19.7 Å². The monoisotopic (exact) mass is 489 g/mol. The SMILES string of the molecule is O=NC(=O)c1ccc(-c2csc(-n3[nH]c(-c4ccccc4)c(NNc4nccs4)c3=O)n2)cc1. The average molecular weight is 490 g/mol. The fraction of sp³-hybridized carbons (Fsp3) is 0. The van der Waals surface area contributed by atoms with Gasteiger partial charge in [0.2, 0.25) is 10.3 Å². The van der Waals surface area contributed by atoms with Crippen LogP contribution in [-0.4, -0.2) is 25.7 Å². The highest BCUT2D eigenvalue weighted by Gasteiger charge is 2.19. The van der Waals surface area contributed by atoms with E-state index in [4.69, 9.17) is 0 Å². The van der Waals surface area contributed by atoms with Crippen molar-refractivity contribution in [3.05, 3.63) is 92.4 Å². The summed E-state index contributed by atoms with van der Waals surface area (Å²) < 4.78 is 1.37. The first kappa shape index (κ1) is 21.4. The Kier molecular flexibility index (Phi) is 5.81. The highest BCUT2D eigenvalue weighted by atomic mass is 32.1. The predicted octanol–water partition coefficient (Wildman–Crippen LogP) is 4.76. The van der Waals surface area contributed by atoms with Crippen LogP contribution in [0.5, 0.6) is 0 Å². The Balaban J connectivity index is 1.50. The zero-order valence-electron chi connectivity index (χ0n) is 17.3. The smallest absolute Gasteiger partial charge is 0.292 e. The van der Waals surface area contributed by atoms with Gasteiger partial charge in [0.15, 0.2) is 0 Å². The zero-order valence-corrected chi connectivity index (χ0v) is 18.9. The van der Waals surface area contributed by atoms with Crippen LogP contribution in [0.2, 0.25) is 0 Å². The van der Waals surface area contributed by atoms with Crippen LogP contribution in [0.25, 0.3) is 27.6 Å². The number of hydrogen-bond donors (Lipinski definition) is 3. The Bertz CT molecular complexity index is 1500. The number of hydrogen-bond acceptors (Lipinski definition) is 9. The van der Waals surface area contributed by atoms with Gasteiger partial charge in [-0.25, -0.2) is 9.97 Å². The van der Waals surface area contributed by atoms with Crippen molar-refractivity contribution >= 4 is 39.4 Å². The second-order valence-corrected chi connectivity index (χ2v) is 8.68. The first-order chi connectivity index (χ1) is 16.6. The highest BCUT2D eigenvalue weighted by molar-refractivity contribution is 7.13. The topological polar surface area (TPSA) is 134 Å². The van der Waals surface area contributed by atoms with Crippen LogP contribution in [0.3, 0.4) is 0 Å². The van der Waals surface area contributed by atoms with E-state index < -0.39 is 5.91 Å². The van der Waals surface area contributed by atoms with E-state index in [-0.39, 0.29) is 11.1 Å². The minimum atomic E-state index is -0.830. The maximum atomic E-state index is 13.3. The molecule has 3 aromatic heterocycles. The minimum absolute atomic E-state index is 0.200. The number of carbonyl (C=O) groups is 1. The first-order valence-electron chi connectivity index (χ1n) is 9.90. The number of thiazole rings is 2. The van der Waals surface area contributed by atoms with Crippen molar-refractivity contribution in [2.75, 3.05) is 10.9 Å². The van der Waals surface area contributed by atoms with E-state index in [0.717, 1.165) is 11.1 Å². The van der Waals surface area contributed by atoms with Crippen molar-refractivity contribution in [2.24, 2.45) is 5.18 Å². The molecule has 0 spiro atoms. The van der Waals surface area contributed by atoms with Gasteiger partial charge < -0.3 is 0 Å². The third-order valence-corrected chi connectivity index (χ3v) is 6.39. The number of aromatic nitrogens is 4. The molecule has 1 amide bonds. The zero-order chi connectivity index (χ0) is 23.5. The Morgan fingerprint density at radius 2 is 1.79 bits per heavy atom. The lowest BCUT2D eigenvalue weighted by atomic mass is 10.1. The van der Waals surface area contributed by atoms with Crippen molar-refractivity contribution < 1.29 is 4.79 Å². The van der Waals surface area contributed by atoms with Crippen LogP contribution in [0.15, 0.2) is 81.5 Å². The van der Waals surface area contributed by atoms with Gasteiger partial charge in [-0.2, -0.15) is 4.68 Å². The molecule has 0 aliphatic carbocycles. The number of benzene rings is 2. The molecule has 0 aliphatic heterocycles. The summed E-state index contributed by atoms with van der Waals surface area (Å²) >= 11 is 2.69. The quantitative estimate of drug-likeness (QED) is 0.222. The fourth-order valence-corrected chi connectivity index (χ4v) is 4.51. The Morgan fingerprint density at radius 1 is 1.00 bits per heavy atom. The van der Waals surface area contributed by atoms with Gasteiger partial charge >= 0.3 is 5.91 Å². The number of nitrogens with one attached hydrogen (secondary N) is 3. The lowest BCUT2D eigenvalue weighted by Gasteiger charge is -2.06. The number of nitrogens with zero attached hydrogens (tertiary/aromatic N) is 4. The maximum Gasteiger partial charge on any atom is 0.316 e. The molecule has 5 aromatic rings. The van der Waals surface area contributed by atoms with Gasteiger partial charge in [0.1, 0.15) is 5.69 Å². The first-order valence-corrected chi connectivity index (χ1v) is 11.7. The van der Waals surface area contributed by atoms with Gasteiger partial charge in [-0.3, -0.25) is 25.5 Å². The van der Waals surface area contributed by atoms with Crippen molar-refractivity contribution in [1.29, 1.82) is 0 Å². The molecule has 3 N–H and O–H groups in total. The summed E-state index contributed by atoms with van der Waals surface area (Å²) in [6.07, 6.45) is 1.66. The van der Waals surface area contributed by atoms with Crippen LogP contribution >= 0.6 is 22.7 Å². The number of carbonyl (C=O) groups excluding carboxylic acids is 1. The van der Waals surface area contributed by atoms with Crippen molar-refractivity contribution in [3.63, 3.8) is 0 Å². The minimum Gasteiger partial charge on any atom is -0.292 e. The summed E-state index contributed by atoms with van der Waals surface area (Å²) in [6.45, 7) is 0. The number of hydrazine groups is 1. The Labute approximate surface area is 199 Å². The summed E-state index contributed by atoms with van der Waals surface area (Å²) in [5.41, 5.74) is 8.91. The van der Waals surface area contributed by atoms with Crippen LogP contribution in [0.1, 0.15) is 10.4 Å². The van der Waals surface area contributed by atoms with E-state index in [1.807, 2.05) is 35.7 Å². The molecule has 10 nitrogen and oxygen atoms in total. The summed E-state index contributed by atoms with van der Waals surface area (Å²) in [5.74, 6) is -0.830. The molecule has 12 heteroatoms. The second kappa shape index (κ2) is 9.21. The lowest BCUT2D eigenvalue weighted by molar-refractivity contribution is 0.100. The molecule has 0 aliphatic rings. The van der Waals surface area contributed by atoms with Gasteiger partial charge in [-0.05, 0) is 12.1 Å². The molecule has 0 radical (unpaired) electrons. The Morgan fingerprint density at radius 3 is 2.50 bits per heavy atom. The number of anilines is 2. The molecule has 2 aromatic carbocycles. The van der Waals surface area contributed by atoms with E-state index in [9.17, 15) is 14.5 Å². The van der Waals surface area contributed by atoms with E-state index in [2.05, 4.69) is 31.1 Å². The van der Waals surface area contributed by atoms with Gasteiger partial charge in [0.25, 0.3) is 5.56 Å². The third-order valence-electron chi connectivity index (χ3n) is 4.87. The summed E-state index contributed by atoms with van der Waals surface area (Å²) in [5, 5.41) is 10.3. The Hall–Kier alpha value is -4.42.